The molecule has 1 aliphatic carbocycles. The van der Waals surface area contributed by atoms with Crippen LogP contribution < -0.4 is 14.4 Å². The molecule has 1 fully saturated rings. The number of hydrogen-bond donors (Lipinski definition) is 1. The number of nitrogens with zero attached hydrogens (tertiary/aromatic N) is 2. The van der Waals surface area contributed by atoms with E-state index in [9.17, 15) is 22.4 Å². The molecule has 10 heteroatoms. The van der Waals surface area contributed by atoms with Crippen LogP contribution in [0.15, 0.2) is 83.8 Å². The second kappa shape index (κ2) is 15.0. The van der Waals surface area contributed by atoms with E-state index in [-0.39, 0.29) is 29.1 Å². The molecule has 8 nitrogen and oxygen atoms in total. The van der Waals surface area contributed by atoms with Crippen LogP contribution in [0, 0.1) is 5.82 Å². The SMILES string of the molecule is CC[C@@H](C(=O)NC1CCCCC1)N(CCc1ccccc1)C(=O)CN(c1ccc(F)cc1)S(=O)(=O)c1ccc(OC)cc1. The van der Waals surface area contributed by atoms with Crippen molar-refractivity contribution in [2.45, 2.75) is 68.8 Å². The summed E-state index contributed by atoms with van der Waals surface area (Å²) in [5.41, 5.74) is 1.12. The van der Waals surface area contributed by atoms with Crippen LogP contribution in [0.1, 0.15) is 51.0 Å². The summed E-state index contributed by atoms with van der Waals surface area (Å²) in [4.78, 5) is 29.2. The number of sulfonamides is 1. The van der Waals surface area contributed by atoms with Crippen LogP contribution in [-0.4, -0.2) is 57.4 Å². The summed E-state index contributed by atoms with van der Waals surface area (Å²) in [5.74, 6) is -0.817. The number of rotatable bonds is 13. The Kier molecular flexibility index (Phi) is 11.2. The third-order valence-electron chi connectivity index (χ3n) is 7.86. The van der Waals surface area contributed by atoms with E-state index in [1.54, 1.807) is 0 Å². The second-order valence-corrected chi connectivity index (χ2v) is 12.6. The minimum absolute atomic E-state index is 0.0525. The van der Waals surface area contributed by atoms with E-state index < -0.39 is 34.3 Å². The molecule has 1 saturated carbocycles. The molecule has 4 rings (SSSR count). The van der Waals surface area contributed by atoms with E-state index in [0.29, 0.717) is 18.6 Å². The molecule has 0 bridgehead atoms. The predicted molar refractivity (Wildman–Crippen MR) is 165 cm³/mol. The first kappa shape index (κ1) is 32.0. The lowest BCUT2D eigenvalue weighted by atomic mass is 9.95. The molecule has 3 aromatic carbocycles. The number of methoxy groups -OCH3 is 1. The predicted octanol–water partition coefficient (Wildman–Crippen LogP) is 5.33. The Morgan fingerprint density at radius 2 is 1.60 bits per heavy atom. The van der Waals surface area contributed by atoms with Crippen LogP contribution in [0.25, 0.3) is 0 Å². The highest BCUT2D eigenvalue weighted by atomic mass is 32.2. The number of hydrogen-bond acceptors (Lipinski definition) is 5. The van der Waals surface area contributed by atoms with Gasteiger partial charge in [0.15, 0.2) is 0 Å². The van der Waals surface area contributed by atoms with Gasteiger partial charge in [-0.25, -0.2) is 12.8 Å². The van der Waals surface area contributed by atoms with Crippen molar-refractivity contribution in [2.24, 2.45) is 0 Å². The average Bonchev–Trinajstić information content (AvgIpc) is 3.03. The zero-order valence-electron chi connectivity index (χ0n) is 24.7. The number of carbonyl (C=O) groups excluding carboxylic acids is 2. The third-order valence-corrected chi connectivity index (χ3v) is 9.65. The van der Waals surface area contributed by atoms with Crippen molar-refractivity contribution in [3.63, 3.8) is 0 Å². The number of nitrogens with one attached hydrogen (secondary N) is 1. The summed E-state index contributed by atoms with van der Waals surface area (Å²) in [6.45, 7) is 1.50. The van der Waals surface area contributed by atoms with Crippen LogP contribution in [0.4, 0.5) is 10.1 Å². The number of ether oxygens (including phenoxy) is 1. The lowest BCUT2D eigenvalue weighted by Crippen LogP contribution is -2.54. The van der Waals surface area contributed by atoms with Gasteiger partial charge in [-0.2, -0.15) is 0 Å². The molecule has 0 aliphatic heterocycles. The van der Waals surface area contributed by atoms with Crippen LogP contribution in [-0.2, 0) is 26.0 Å². The molecule has 3 aromatic rings. The van der Waals surface area contributed by atoms with E-state index in [2.05, 4.69) is 5.32 Å². The minimum atomic E-state index is -4.26. The van der Waals surface area contributed by atoms with Gasteiger partial charge in [-0.3, -0.25) is 13.9 Å². The Bertz CT molecular complexity index is 1440. The smallest absolute Gasteiger partial charge is 0.264 e. The molecule has 1 aliphatic rings. The van der Waals surface area contributed by atoms with Gasteiger partial charge in [0, 0.05) is 12.6 Å². The Hall–Kier alpha value is -3.92. The van der Waals surface area contributed by atoms with Gasteiger partial charge in [0.2, 0.25) is 11.8 Å². The molecule has 0 spiro atoms. The van der Waals surface area contributed by atoms with Gasteiger partial charge in [-0.15, -0.1) is 0 Å². The average molecular weight is 610 g/mol. The van der Waals surface area contributed by atoms with Gasteiger partial charge < -0.3 is 15.0 Å². The van der Waals surface area contributed by atoms with Gasteiger partial charge >= 0.3 is 0 Å². The zero-order chi connectivity index (χ0) is 30.8. The van der Waals surface area contributed by atoms with Gasteiger partial charge in [0.25, 0.3) is 10.0 Å². The lowest BCUT2D eigenvalue weighted by Gasteiger charge is -2.34. The quantitative estimate of drug-likeness (QED) is 0.283. The Morgan fingerprint density at radius 1 is 0.953 bits per heavy atom. The molecular weight excluding hydrogens is 569 g/mol. The fourth-order valence-electron chi connectivity index (χ4n) is 5.45. The summed E-state index contributed by atoms with van der Waals surface area (Å²) in [6, 6.07) is 19.7. The van der Waals surface area contributed by atoms with E-state index in [1.165, 1.54) is 48.4 Å². The maximum Gasteiger partial charge on any atom is 0.264 e. The van der Waals surface area contributed by atoms with E-state index in [1.807, 2.05) is 37.3 Å². The molecule has 0 radical (unpaired) electrons. The summed E-state index contributed by atoms with van der Waals surface area (Å²) >= 11 is 0. The first-order valence-electron chi connectivity index (χ1n) is 14.8. The van der Waals surface area contributed by atoms with Gasteiger partial charge in [-0.05, 0) is 79.8 Å². The topological polar surface area (TPSA) is 96.0 Å². The first-order valence-corrected chi connectivity index (χ1v) is 16.2. The second-order valence-electron chi connectivity index (χ2n) is 10.8. The lowest BCUT2D eigenvalue weighted by molar-refractivity contribution is -0.140. The van der Waals surface area contributed by atoms with Gasteiger partial charge in [-0.1, -0.05) is 56.5 Å². The number of carbonyl (C=O) groups is 2. The standard InChI is InChI=1S/C33H40FN3O5S/c1-3-31(33(39)35-27-12-8-5-9-13-27)36(23-22-25-10-6-4-7-11-25)32(38)24-37(28-16-14-26(34)15-17-28)43(40,41)30-20-18-29(42-2)19-21-30/h4,6-7,10-11,14-21,27,31H,3,5,8-9,12-13,22-24H2,1-2H3,(H,35,39)/t31-/m0/s1. The fraction of sp³-hybridized carbons (Fsp3) is 0.394. The molecule has 1 N–H and O–H groups in total. The molecule has 0 saturated heterocycles. The maximum atomic E-state index is 14.1. The van der Waals surface area contributed by atoms with Crippen molar-refractivity contribution in [1.82, 2.24) is 10.2 Å². The molecule has 2 amide bonds. The van der Waals surface area contributed by atoms with Gasteiger partial charge in [0.1, 0.15) is 24.2 Å². The van der Waals surface area contributed by atoms with E-state index in [0.717, 1.165) is 54.1 Å². The highest BCUT2D eigenvalue weighted by Crippen LogP contribution is 2.26. The Balaban J connectivity index is 1.66. The molecule has 0 unspecified atom stereocenters. The monoisotopic (exact) mass is 609 g/mol. The summed E-state index contributed by atoms with van der Waals surface area (Å²) < 4.78 is 47.8. The van der Waals surface area contributed by atoms with Crippen molar-refractivity contribution in [1.29, 1.82) is 0 Å². The zero-order valence-corrected chi connectivity index (χ0v) is 25.6. The van der Waals surface area contributed by atoms with E-state index >= 15 is 0 Å². The summed E-state index contributed by atoms with van der Waals surface area (Å²) in [5, 5.41) is 3.14. The number of halogens is 1. The van der Waals surface area contributed by atoms with Crippen molar-refractivity contribution in [2.75, 3.05) is 24.5 Å². The molecular formula is C33H40FN3O5S. The van der Waals surface area contributed by atoms with Crippen LogP contribution >= 0.6 is 0 Å². The summed E-state index contributed by atoms with van der Waals surface area (Å²) in [7, 11) is -2.78. The number of anilines is 1. The van der Waals surface area contributed by atoms with Crippen molar-refractivity contribution < 1.29 is 27.1 Å². The Labute approximate surface area is 253 Å². The van der Waals surface area contributed by atoms with Crippen LogP contribution in [0.2, 0.25) is 0 Å². The molecule has 230 valence electrons. The van der Waals surface area contributed by atoms with Crippen molar-refractivity contribution >= 4 is 27.5 Å². The highest BCUT2D eigenvalue weighted by Gasteiger charge is 2.34. The maximum absolute atomic E-state index is 14.1. The van der Waals surface area contributed by atoms with Gasteiger partial charge in [0.05, 0.1) is 17.7 Å². The van der Waals surface area contributed by atoms with Crippen molar-refractivity contribution in [3.05, 3.63) is 90.2 Å². The molecule has 0 heterocycles. The fourth-order valence-corrected chi connectivity index (χ4v) is 6.87. The third kappa shape index (κ3) is 8.34. The first-order chi connectivity index (χ1) is 20.7. The number of amides is 2. The van der Waals surface area contributed by atoms with Crippen LogP contribution in [0.3, 0.4) is 0 Å². The largest absolute Gasteiger partial charge is 0.497 e. The van der Waals surface area contributed by atoms with Crippen molar-refractivity contribution in [3.8, 4) is 5.75 Å². The van der Waals surface area contributed by atoms with Crippen LogP contribution in [0.5, 0.6) is 5.75 Å². The number of benzene rings is 3. The summed E-state index contributed by atoms with van der Waals surface area (Å²) in [6.07, 6.45) is 5.90. The molecule has 1 atom stereocenters. The highest BCUT2D eigenvalue weighted by molar-refractivity contribution is 7.92. The molecule has 43 heavy (non-hydrogen) atoms. The normalized spacial score (nSPS) is 14.5. The Morgan fingerprint density at radius 3 is 2.21 bits per heavy atom. The molecule has 0 aromatic heterocycles. The minimum Gasteiger partial charge on any atom is -0.497 e. The van der Waals surface area contributed by atoms with E-state index in [4.69, 9.17) is 4.74 Å².